The normalized spacial score (nSPS) is 11.6. The zero-order valence-electron chi connectivity index (χ0n) is 12.4. The topological polar surface area (TPSA) is 55.4 Å². The van der Waals surface area contributed by atoms with Crippen LogP contribution in [0.15, 0.2) is 48.5 Å². The quantitative estimate of drug-likeness (QED) is 0.827. The van der Waals surface area contributed by atoms with Gasteiger partial charge in [0.1, 0.15) is 0 Å². The SMILES string of the molecule is C[C@@H](NC(=O)COC(=O)c1ccc(Cl)cc1Cl)c1ccccc1. The fourth-order valence-electron chi connectivity index (χ4n) is 1.97. The van der Waals surface area contributed by atoms with E-state index in [2.05, 4.69) is 5.32 Å². The number of carbonyl (C=O) groups is 2. The first-order chi connectivity index (χ1) is 11.0. The van der Waals surface area contributed by atoms with E-state index in [0.29, 0.717) is 5.02 Å². The number of carbonyl (C=O) groups excluding carboxylic acids is 2. The molecule has 2 rings (SSSR count). The van der Waals surface area contributed by atoms with Crippen molar-refractivity contribution in [1.82, 2.24) is 5.32 Å². The monoisotopic (exact) mass is 351 g/mol. The van der Waals surface area contributed by atoms with Crippen molar-refractivity contribution in [2.75, 3.05) is 6.61 Å². The number of ether oxygens (including phenoxy) is 1. The molecule has 0 aliphatic carbocycles. The lowest BCUT2D eigenvalue weighted by molar-refractivity contribution is -0.124. The fourth-order valence-corrected chi connectivity index (χ4v) is 2.46. The molecule has 6 heteroatoms. The van der Waals surface area contributed by atoms with E-state index in [1.165, 1.54) is 18.2 Å². The van der Waals surface area contributed by atoms with Crippen LogP contribution in [-0.2, 0) is 9.53 Å². The van der Waals surface area contributed by atoms with Crippen LogP contribution in [0, 0.1) is 0 Å². The highest BCUT2D eigenvalue weighted by Gasteiger charge is 2.15. The maximum atomic E-state index is 11.9. The highest BCUT2D eigenvalue weighted by Crippen LogP contribution is 2.21. The third kappa shape index (κ3) is 4.98. The molecule has 0 unspecified atom stereocenters. The summed E-state index contributed by atoms with van der Waals surface area (Å²) in [6.45, 7) is 1.47. The van der Waals surface area contributed by atoms with E-state index < -0.39 is 5.97 Å². The number of hydrogen-bond acceptors (Lipinski definition) is 3. The molecule has 23 heavy (non-hydrogen) atoms. The van der Waals surface area contributed by atoms with E-state index in [1.54, 1.807) is 0 Å². The van der Waals surface area contributed by atoms with Crippen molar-refractivity contribution in [3.05, 3.63) is 69.7 Å². The summed E-state index contributed by atoms with van der Waals surface area (Å²) >= 11 is 11.7. The Morgan fingerprint density at radius 3 is 2.48 bits per heavy atom. The molecule has 0 aliphatic heterocycles. The van der Waals surface area contributed by atoms with Crippen LogP contribution in [0.5, 0.6) is 0 Å². The molecule has 0 heterocycles. The number of amides is 1. The Morgan fingerprint density at radius 1 is 1.13 bits per heavy atom. The molecule has 0 aromatic heterocycles. The first-order valence-corrected chi connectivity index (χ1v) is 7.69. The lowest BCUT2D eigenvalue weighted by Crippen LogP contribution is -2.31. The molecule has 1 N–H and O–H groups in total. The van der Waals surface area contributed by atoms with Crippen LogP contribution in [0.1, 0.15) is 28.9 Å². The maximum Gasteiger partial charge on any atom is 0.340 e. The largest absolute Gasteiger partial charge is 0.452 e. The second-order valence-electron chi connectivity index (χ2n) is 4.90. The molecule has 0 saturated carbocycles. The molecule has 0 fully saturated rings. The molecular formula is C17H15Cl2NO3. The lowest BCUT2D eigenvalue weighted by Gasteiger charge is -2.14. The Labute approximate surface area is 144 Å². The zero-order chi connectivity index (χ0) is 16.8. The van der Waals surface area contributed by atoms with Gasteiger partial charge in [-0.1, -0.05) is 53.5 Å². The number of esters is 1. The molecule has 1 amide bonds. The van der Waals surface area contributed by atoms with Crippen LogP contribution in [-0.4, -0.2) is 18.5 Å². The molecule has 120 valence electrons. The number of nitrogens with one attached hydrogen (secondary N) is 1. The van der Waals surface area contributed by atoms with Gasteiger partial charge in [0, 0.05) is 5.02 Å². The Balaban J connectivity index is 1.88. The Kier molecular flexibility index (Phi) is 6.02. The molecule has 0 saturated heterocycles. The van der Waals surface area contributed by atoms with Crippen molar-refractivity contribution in [2.24, 2.45) is 0 Å². The summed E-state index contributed by atoms with van der Waals surface area (Å²) < 4.78 is 4.97. The summed E-state index contributed by atoms with van der Waals surface area (Å²) in [6.07, 6.45) is 0. The van der Waals surface area contributed by atoms with Crippen LogP contribution < -0.4 is 5.32 Å². The number of hydrogen-bond donors (Lipinski definition) is 1. The molecule has 2 aromatic rings. The van der Waals surface area contributed by atoms with Crippen molar-refractivity contribution in [2.45, 2.75) is 13.0 Å². The Bertz CT molecular complexity index is 704. The average molecular weight is 352 g/mol. The highest BCUT2D eigenvalue weighted by molar-refractivity contribution is 6.36. The standard InChI is InChI=1S/C17H15Cl2NO3/c1-11(12-5-3-2-4-6-12)20-16(21)10-23-17(22)14-8-7-13(18)9-15(14)19/h2-9,11H,10H2,1H3,(H,20,21)/t11-/m1/s1. The molecule has 0 aliphatic rings. The van der Waals surface area contributed by atoms with Crippen LogP contribution >= 0.6 is 23.2 Å². The minimum Gasteiger partial charge on any atom is -0.452 e. The predicted molar refractivity (Wildman–Crippen MR) is 89.7 cm³/mol. The maximum absolute atomic E-state index is 11.9. The van der Waals surface area contributed by atoms with Gasteiger partial charge in [-0.15, -0.1) is 0 Å². The molecule has 2 aromatic carbocycles. The van der Waals surface area contributed by atoms with Crippen LogP contribution in [0.2, 0.25) is 10.0 Å². The van der Waals surface area contributed by atoms with Crippen LogP contribution in [0.3, 0.4) is 0 Å². The van der Waals surface area contributed by atoms with Gasteiger partial charge >= 0.3 is 5.97 Å². The van der Waals surface area contributed by atoms with Crippen molar-refractivity contribution in [1.29, 1.82) is 0 Å². The zero-order valence-corrected chi connectivity index (χ0v) is 13.9. The summed E-state index contributed by atoms with van der Waals surface area (Å²) in [4.78, 5) is 23.8. The number of rotatable bonds is 5. The molecule has 0 radical (unpaired) electrons. The van der Waals surface area contributed by atoms with Gasteiger partial charge in [0.2, 0.25) is 0 Å². The van der Waals surface area contributed by atoms with Crippen LogP contribution in [0.4, 0.5) is 0 Å². The summed E-state index contributed by atoms with van der Waals surface area (Å²) in [5, 5.41) is 3.36. The summed E-state index contributed by atoms with van der Waals surface area (Å²) in [5.41, 5.74) is 1.13. The van der Waals surface area contributed by atoms with E-state index in [1.807, 2.05) is 37.3 Å². The fraction of sp³-hybridized carbons (Fsp3) is 0.176. The smallest absolute Gasteiger partial charge is 0.340 e. The summed E-state index contributed by atoms with van der Waals surface area (Å²) in [7, 11) is 0. The minimum atomic E-state index is -0.672. The van der Waals surface area contributed by atoms with Gasteiger partial charge in [-0.25, -0.2) is 4.79 Å². The van der Waals surface area contributed by atoms with Gasteiger partial charge in [-0.05, 0) is 30.7 Å². The van der Waals surface area contributed by atoms with E-state index >= 15 is 0 Å². The first kappa shape index (κ1) is 17.3. The Morgan fingerprint density at radius 2 is 1.83 bits per heavy atom. The van der Waals surface area contributed by atoms with E-state index in [-0.39, 0.29) is 29.1 Å². The van der Waals surface area contributed by atoms with Gasteiger partial charge in [0.25, 0.3) is 5.91 Å². The van der Waals surface area contributed by atoms with Crippen molar-refractivity contribution in [3.8, 4) is 0 Å². The van der Waals surface area contributed by atoms with Crippen molar-refractivity contribution in [3.63, 3.8) is 0 Å². The van der Waals surface area contributed by atoms with E-state index in [0.717, 1.165) is 5.56 Å². The highest BCUT2D eigenvalue weighted by atomic mass is 35.5. The van der Waals surface area contributed by atoms with E-state index in [4.69, 9.17) is 27.9 Å². The van der Waals surface area contributed by atoms with E-state index in [9.17, 15) is 9.59 Å². The molecule has 1 atom stereocenters. The van der Waals surface area contributed by atoms with Gasteiger partial charge in [0.05, 0.1) is 16.6 Å². The minimum absolute atomic E-state index is 0.167. The lowest BCUT2D eigenvalue weighted by atomic mass is 10.1. The van der Waals surface area contributed by atoms with Crippen LogP contribution in [0.25, 0.3) is 0 Å². The molecule has 0 bridgehead atoms. The van der Waals surface area contributed by atoms with Gasteiger partial charge in [0.15, 0.2) is 6.61 Å². The molecular weight excluding hydrogens is 337 g/mol. The average Bonchev–Trinajstić information content (AvgIpc) is 2.53. The van der Waals surface area contributed by atoms with Gasteiger partial charge < -0.3 is 10.1 Å². The van der Waals surface area contributed by atoms with Gasteiger partial charge in [-0.3, -0.25) is 4.79 Å². The van der Waals surface area contributed by atoms with Crippen molar-refractivity contribution < 1.29 is 14.3 Å². The molecule has 0 spiro atoms. The molecule has 4 nitrogen and oxygen atoms in total. The Hall–Kier alpha value is -2.04. The second-order valence-corrected chi connectivity index (χ2v) is 5.74. The number of benzene rings is 2. The van der Waals surface area contributed by atoms with Gasteiger partial charge in [-0.2, -0.15) is 0 Å². The number of halogens is 2. The predicted octanol–water partition coefficient (Wildman–Crippen LogP) is 4.03. The van der Waals surface area contributed by atoms with Crippen molar-refractivity contribution >= 4 is 35.1 Å². The summed E-state index contributed by atoms with van der Waals surface area (Å²) in [6, 6.07) is 13.7. The summed E-state index contributed by atoms with van der Waals surface area (Å²) in [5.74, 6) is -1.06. The first-order valence-electron chi connectivity index (χ1n) is 6.94. The third-order valence-electron chi connectivity index (χ3n) is 3.16. The second kappa shape index (κ2) is 7.99. The third-order valence-corrected chi connectivity index (χ3v) is 3.71.